The summed E-state index contributed by atoms with van der Waals surface area (Å²) in [6.45, 7) is 2.77. The summed E-state index contributed by atoms with van der Waals surface area (Å²) >= 11 is 1.29. The first-order chi connectivity index (χ1) is 18.0. The van der Waals surface area contributed by atoms with Gasteiger partial charge in [0.25, 0.3) is 5.91 Å². The minimum atomic E-state index is -0.457. The number of aryl methyl sites for hydroxylation is 1. The number of aliphatic imine (C=N–C) groups is 1. The van der Waals surface area contributed by atoms with E-state index in [4.69, 9.17) is 19.6 Å². The zero-order chi connectivity index (χ0) is 25.8. The lowest BCUT2D eigenvalue weighted by Gasteiger charge is -2.20. The molecule has 2 heterocycles. The number of benzene rings is 3. The Morgan fingerprint density at radius 2 is 1.54 bits per heavy atom. The van der Waals surface area contributed by atoms with Crippen molar-refractivity contribution in [2.75, 3.05) is 20.3 Å². The fraction of sp³-hybridized carbons (Fsp3) is 0.143. The van der Waals surface area contributed by atoms with Gasteiger partial charge in [-0.05, 0) is 72.3 Å². The quantitative estimate of drug-likeness (QED) is 0.332. The van der Waals surface area contributed by atoms with Crippen molar-refractivity contribution in [1.82, 2.24) is 5.01 Å². The van der Waals surface area contributed by atoms with E-state index in [0.717, 1.165) is 28.2 Å². The van der Waals surface area contributed by atoms with E-state index in [1.165, 1.54) is 16.8 Å². The largest absolute Gasteiger partial charge is 0.497 e. The molecule has 186 valence electrons. The normalized spacial score (nSPS) is 15.8. The second-order valence-electron chi connectivity index (χ2n) is 8.18. The Morgan fingerprint density at radius 3 is 2.19 bits per heavy atom. The highest BCUT2D eigenvalue weighted by Gasteiger charge is 2.36. The van der Waals surface area contributed by atoms with Gasteiger partial charge in [-0.2, -0.15) is 15.1 Å². The molecule has 0 saturated heterocycles. The average molecular weight is 513 g/mol. The molecule has 0 atom stereocenters. The molecule has 0 fully saturated rings. The van der Waals surface area contributed by atoms with Gasteiger partial charge in [-0.3, -0.25) is 10.2 Å². The van der Waals surface area contributed by atoms with Gasteiger partial charge in [0, 0.05) is 5.56 Å². The van der Waals surface area contributed by atoms with E-state index in [1.54, 1.807) is 13.2 Å². The van der Waals surface area contributed by atoms with Crippen molar-refractivity contribution in [2.45, 2.75) is 6.92 Å². The molecule has 3 aromatic carbocycles. The van der Waals surface area contributed by atoms with Gasteiger partial charge in [0.1, 0.15) is 35.5 Å². The molecule has 0 aliphatic carbocycles. The smallest absolute Gasteiger partial charge is 0.283 e. The van der Waals surface area contributed by atoms with Crippen LogP contribution in [0.2, 0.25) is 0 Å². The topological polar surface area (TPSA) is 96.6 Å². The first kappa shape index (κ1) is 24.3. The molecule has 37 heavy (non-hydrogen) atoms. The van der Waals surface area contributed by atoms with Gasteiger partial charge in [-0.1, -0.05) is 36.4 Å². The number of nitrogens with zero attached hydrogens (tertiary/aromatic N) is 3. The van der Waals surface area contributed by atoms with Crippen molar-refractivity contribution in [2.24, 2.45) is 10.1 Å². The highest BCUT2D eigenvalue weighted by molar-refractivity contribution is 8.27. The van der Waals surface area contributed by atoms with E-state index < -0.39 is 5.91 Å². The van der Waals surface area contributed by atoms with Crippen LogP contribution in [0.15, 0.2) is 88.5 Å². The van der Waals surface area contributed by atoms with Gasteiger partial charge in [-0.15, -0.1) is 0 Å². The van der Waals surface area contributed by atoms with E-state index in [-0.39, 0.29) is 11.4 Å². The maximum Gasteiger partial charge on any atom is 0.283 e. The monoisotopic (exact) mass is 512 g/mol. The standard InChI is InChI=1S/C28H24N4O4S/c1-18-5-3-4-6-23(18)27-31-32-25(29)24(26(33)30-28(32)37-27)17-19-7-9-21(10-8-19)35-15-16-36-22-13-11-20(34-2)12-14-22/h3-14,17,29H,15-16H2,1-2H3/b24-17-,29-25?. The molecule has 0 spiro atoms. The fourth-order valence-corrected chi connectivity index (χ4v) is 4.71. The molecule has 0 bridgehead atoms. The van der Waals surface area contributed by atoms with Crippen molar-refractivity contribution in [3.8, 4) is 17.2 Å². The third kappa shape index (κ3) is 5.41. The number of hydrazone groups is 1. The number of nitrogens with one attached hydrogen (secondary N) is 1. The van der Waals surface area contributed by atoms with Crippen molar-refractivity contribution in [1.29, 1.82) is 5.41 Å². The lowest BCUT2D eigenvalue weighted by atomic mass is 10.1. The number of methoxy groups -OCH3 is 1. The first-order valence-electron chi connectivity index (χ1n) is 11.6. The number of carbonyl (C=O) groups excluding carboxylic acids is 1. The molecule has 5 rings (SSSR count). The summed E-state index contributed by atoms with van der Waals surface area (Å²) in [5, 5.41) is 15.7. The average Bonchev–Trinajstić information content (AvgIpc) is 3.34. The van der Waals surface area contributed by atoms with Crippen LogP contribution in [0.25, 0.3) is 6.08 Å². The molecular formula is C28H24N4O4S. The molecule has 0 saturated carbocycles. The number of carbonyl (C=O) groups is 1. The fourth-order valence-electron chi connectivity index (χ4n) is 3.73. The van der Waals surface area contributed by atoms with E-state index in [2.05, 4.69) is 10.1 Å². The number of amides is 1. The van der Waals surface area contributed by atoms with Crippen LogP contribution in [-0.2, 0) is 4.79 Å². The molecule has 2 aliphatic rings. The molecule has 1 amide bonds. The molecule has 0 unspecified atom stereocenters. The molecule has 3 aromatic rings. The molecular weight excluding hydrogens is 488 g/mol. The van der Waals surface area contributed by atoms with Crippen LogP contribution in [0.3, 0.4) is 0 Å². The van der Waals surface area contributed by atoms with Gasteiger partial charge >= 0.3 is 0 Å². The highest BCUT2D eigenvalue weighted by atomic mass is 32.2. The minimum Gasteiger partial charge on any atom is -0.497 e. The number of hydrogen-bond donors (Lipinski definition) is 1. The van der Waals surface area contributed by atoms with Crippen LogP contribution in [0, 0.1) is 12.3 Å². The zero-order valence-electron chi connectivity index (χ0n) is 20.3. The highest BCUT2D eigenvalue weighted by Crippen LogP contribution is 2.32. The van der Waals surface area contributed by atoms with Crippen LogP contribution >= 0.6 is 11.8 Å². The predicted octanol–water partition coefficient (Wildman–Crippen LogP) is 5.13. The Kier molecular flexibility index (Phi) is 7.04. The SMILES string of the molecule is COc1ccc(OCCOc2ccc(/C=C3/C(=N)N4N=C(c5ccccc5C)SC4=NC3=O)cc2)cc1. The summed E-state index contributed by atoms with van der Waals surface area (Å²) in [5.74, 6) is 1.73. The Balaban J connectivity index is 1.21. The second kappa shape index (κ2) is 10.7. The molecule has 1 N–H and O–H groups in total. The molecule has 0 radical (unpaired) electrons. The molecule has 0 aromatic heterocycles. The van der Waals surface area contributed by atoms with Crippen LogP contribution in [-0.4, -0.2) is 47.3 Å². The van der Waals surface area contributed by atoms with Crippen molar-refractivity contribution < 1.29 is 19.0 Å². The van der Waals surface area contributed by atoms with Gasteiger partial charge in [0.05, 0.1) is 12.7 Å². The third-order valence-electron chi connectivity index (χ3n) is 5.70. The van der Waals surface area contributed by atoms with Crippen molar-refractivity contribution in [3.05, 3.63) is 95.1 Å². The molecule has 8 nitrogen and oxygen atoms in total. The summed E-state index contributed by atoms with van der Waals surface area (Å²) < 4.78 is 16.6. The van der Waals surface area contributed by atoms with Crippen LogP contribution in [0.5, 0.6) is 17.2 Å². The van der Waals surface area contributed by atoms with Gasteiger partial charge < -0.3 is 14.2 Å². The second-order valence-corrected chi connectivity index (χ2v) is 9.14. The van der Waals surface area contributed by atoms with Gasteiger partial charge in [0.15, 0.2) is 5.84 Å². The molecule has 9 heteroatoms. The number of fused-ring (bicyclic) bond motifs is 1. The van der Waals surface area contributed by atoms with Crippen LogP contribution < -0.4 is 14.2 Å². The molecule has 2 aliphatic heterocycles. The minimum absolute atomic E-state index is 0.00194. The lowest BCUT2D eigenvalue weighted by molar-refractivity contribution is -0.114. The third-order valence-corrected chi connectivity index (χ3v) is 6.64. The van der Waals surface area contributed by atoms with E-state index >= 15 is 0 Å². The van der Waals surface area contributed by atoms with Crippen molar-refractivity contribution in [3.63, 3.8) is 0 Å². The van der Waals surface area contributed by atoms with E-state index in [0.29, 0.717) is 29.2 Å². The summed E-state index contributed by atoms with van der Waals surface area (Å²) in [6.07, 6.45) is 1.65. The first-order valence-corrected chi connectivity index (χ1v) is 12.4. The summed E-state index contributed by atoms with van der Waals surface area (Å²) in [6, 6.07) is 22.5. The summed E-state index contributed by atoms with van der Waals surface area (Å²) in [4.78, 5) is 16.9. The lowest BCUT2D eigenvalue weighted by Crippen LogP contribution is -2.35. The maximum atomic E-state index is 12.7. The van der Waals surface area contributed by atoms with Gasteiger partial charge in [-0.25, -0.2) is 0 Å². The van der Waals surface area contributed by atoms with E-state index in [1.807, 2.05) is 79.7 Å². The predicted molar refractivity (Wildman–Crippen MR) is 146 cm³/mol. The zero-order valence-corrected chi connectivity index (χ0v) is 21.1. The summed E-state index contributed by atoms with van der Waals surface area (Å²) in [5.41, 5.74) is 2.96. The number of thioether (sulfide) groups is 1. The Bertz CT molecular complexity index is 1430. The Labute approximate surface area is 218 Å². The van der Waals surface area contributed by atoms with Crippen molar-refractivity contribution >= 4 is 39.8 Å². The number of rotatable bonds is 8. The number of ether oxygens (including phenoxy) is 3. The maximum absolute atomic E-state index is 12.7. The Hall–Kier alpha value is -4.37. The van der Waals surface area contributed by atoms with E-state index in [9.17, 15) is 4.79 Å². The Morgan fingerprint density at radius 1 is 0.919 bits per heavy atom. The number of amidine groups is 2. The van der Waals surface area contributed by atoms with Crippen LogP contribution in [0.1, 0.15) is 16.7 Å². The van der Waals surface area contributed by atoms with Gasteiger partial charge in [0.2, 0.25) is 5.17 Å². The summed E-state index contributed by atoms with van der Waals surface area (Å²) in [7, 11) is 1.62. The van der Waals surface area contributed by atoms with Crippen LogP contribution in [0.4, 0.5) is 0 Å². The number of hydrogen-bond acceptors (Lipinski definition) is 7.